The van der Waals surface area contributed by atoms with Crippen molar-refractivity contribution in [1.82, 2.24) is 4.98 Å². The molecule has 0 aliphatic rings. The Hall–Kier alpha value is -1.13. The van der Waals surface area contributed by atoms with Crippen LogP contribution in [0, 0.1) is 0 Å². The minimum atomic E-state index is 0.452. The van der Waals surface area contributed by atoms with Crippen LogP contribution in [0.4, 0.5) is 0 Å². The second-order valence-electron chi connectivity index (χ2n) is 2.27. The van der Waals surface area contributed by atoms with E-state index in [2.05, 4.69) is 9.82 Å². The van der Waals surface area contributed by atoms with Crippen molar-refractivity contribution in [3.63, 3.8) is 0 Å². The second kappa shape index (κ2) is 4.69. The van der Waals surface area contributed by atoms with Gasteiger partial charge in [0.05, 0.1) is 19.4 Å². The molecule has 0 unspecified atom stereocenters. The summed E-state index contributed by atoms with van der Waals surface area (Å²) in [6.07, 6.45) is 2.38. The van der Waals surface area contributed by atoms with Crippen molar-refractivity contribution < 1.29 is 9.57 Å². The lowest BCUT2D eigenvalue weighted by atomic mass is 10.2. The van der Waals surface area contributed by atoms with Crippen molar-refractivity contribution in [2.75, 3.05) is 13.7 Å². The topological polar surface area (TPSA) is 57.4 Å². The Morgan fingerprint density at radius 2 is 2.42 bits per heavy atom. The number of rotatable bonds is 4. The zero-order chi connectivity index (χ0) is 8.81. The molecule has 0 aromatic carbocycles. The van der Waals surface area contributed by atoms with Crippen LogP contribution in [0.25, 0.3) is 0 Å². The highest BCUT2D eigenvalue weighted by molar-refractivity contribution is 5.26. The maximum atomic E-state index is 5.08. The highest BCUT2D eigenvalue weighted by Gasteiger charge is 2.01. The SMILES string of the molecule is COc1cccnc1CCON. The largest absolute Gasteiger partial charge is 0.495 e. The lowest BCUT2D eigenvalue weighted by Gasteiger charge is -2.05. The number of nitrogens with two attached hydrogens (primary N) is 1. The summed E-state index contributed by atoms with van der Waals surface area (Å²) in [5, 5.41) is 0. The molecule has 0 saturated heterocycles. The fourth-order valence-electron chi connectivity index (χ4n) is 0.952. The summed E-state index contributed by atoms with van der Waals surface area (Å²) in [5.41, 5.74) is 0.866. The van der Waals surface area contributed by atoms with Crippen molar-refractivity contribution in [3.05, 3.63) is 24.0 Å². The summed E-state index contributed by atoms with van der Waals surface area (Å²) in [6, 6.07) is 3.69. The molecule has 0 aliphatic heterocycles. The Labute approximate surface area is 71.3 Å². The average molecular weight is 168 g/mol. The maximum absolute atomic E-state index is 5.08. The molecular formula is C8H12N2O2. The molecule has 1 rings (SSSR count). The molecule has 0 aliphatic carbocycles. The molecule has 4 heteroatoms. The second-order valence-corrected chi connectivity index (χ2v) is 2.27. The van der Waals surface area contributed by atoms with E-state index in [0.29, 0.717) is 13.0 Å². The first-order chi connectivity index (χ1) is 5.88. The van der Waals surface area contributed by atoms with Crippen LogP contribution in [0.1, 0.15) is 5.69 Å². The fraction of sp³-hybridized carbons (Fsp3) is 0.375. The van der Waals surface area contributed by atoms with Crippen molar-refractivity contribution in [2.45, 2.75) is 6.42 Å². The summed E-state index contributed by atoms with van der Waals surface area (Å²) in [6.45, 7) is 0.452. The summed E-state index contributed by atoms with van der Waals surface area (Å²) in [5.74, 6) is 5.67. The van der Waals surface area contributed by atoms with Gasteiger partial charge in [0.15, 0.2) is 0 Å². The molecule has 1 heterocycles. The molecule has 0 radical (unpaired) electrons. The Balaban J connectivity index is 2.68. The highest BCUT2D eigenvalue weighted by Crippen LogP contribution is 2.14. The van der Waals surface area contributed by atoms with Crippen molar-refractivity contribution >= 4 is 0 Å². The lowest BCUT2D eigenvalue weighted by Crippen LogP contribution is -2.05. The highest BCUT2D eigenvalue weighted by atomic mass is 16.6. The van der Waals surface area contributed by atoms with Crippen molar-refractivity contribution in [1.29, 1.82) is 0 Å². The first-order valence-corrected chi connectivity index (χ1v) is 3.68. The molecule has 2 N–H and O–H groups in total. The third kappa shape index (κ3) is 2.18. The van der Waals surface area contributed by atoms with Gasteiger partial charge in [0.2, 0.25) is 0 Å². The molecule has 1 aromatic rings. The molecule has 0 atom stereocenters. The molecule has 4 nitrogen and oxygen atoms in total. The smallest absolute Gasteiger partial charge is 0.140 e. The summed E-state index contributed by atoms with van der Waals surface area (Å²) in [7, 11) is 1.61. The summed E-state index contributed by atoms with van der Waals surface area (Å²) < 4.78 is 5.08. The Morgan fingerprint density at radius 3 is 3.08 bits per heavy atom. The number of hydrogen-bond acceptors (Lipinski definition) is 4. The molecule has 0 spiro atoms. The van der Waals surface area contributed by atoms with E-state index in [1.807, 2.05) is 12.1 Å². The third-order valence-corrected chi connectivity index (χ3v) is 1.53. The minimum Gasteiger partial charge on any atom is -0.495 e. The average Bonchev–Trinajstić information content (AvgIpc) is 2.15. The van der Waals surface area contributed by atoms with E-state index in [9.17, 15) is 0 Å². The van der Waals surface area contributed by atoms with Crippen LogP contribution in [0.15, 0.2) is 18.3 Å². The third-order valence-electron chi connectivity index (χ3n) is 1.53. The van der Waals surface area contributed by atoms with Crippen LogP contribution in [-0.4, -0.2) is 18.7 Å². The Bertz CT molecular complexity index is 240. The van der Waals surface area contributed by atoms with Crippen LogP contribution in [0.3, 0.4) is 0 Å². The van der Waals surface area contributed by atoms with Gasteiger partial charge < -0.3 is 9.57 Å². The predicted molar refractivity (Wildman–Crippen MR) is 44.6 cm³/mol. The molecule has 66 valence electrons. The quantitative estimate of drug-likeness (QED) is 0.666. The van der Waals surface area contributed by atoms with E-state index < -0.39 is 0 Å². The van der Waals surface area contributed by atoms with Gasteiger partial charge in [0.25, 0.3) is 0 Å². The first kappa shape index (κ1) is 8.96. The van der Waals surface area contributed by atoms with Crippen LogP contribution in [0.5, 0.6) is 5.75 Å². The van der Waals surface area contributed by atoms with Gasteiger partial charge in [-0.05, 0) is 12.1 Å². The van der Waals surface area contributed by atoms with Gasteiger partial charge in [-0.15, -0.1) is 0 Å². The number of methoxy groups -OCH3 is 1. The molecule has 0 saturated carbocycles. The zero-order valence-corrected chi connectivity index (χ0v) is 6.99. The van der Waals surface area contributed by atoms with Crippen LogP contribution in [-0.2, 0) is 11.3 Å². The predicted octanol–water partition coefficient (Wildman–Crippen LogP) is 0.523. The molecule has 0 fully saturated rings. The van der Waals surface area contributed by atoms with Crippen LogP contribution < -0.4 is 10.6 Å². The van der Waals surface area contributed by atoms with E-state index in [0.717, 1.165) is 11.4 Å². The van der Waals surface area contributed by atoms with Gasteiger partial charge in [-0.1, -0.05) is 0 Å². The molecule has 0 amide bonds. The number of hydrogen-bond donors (Lipinski definition) is 1. The van der Waals surface area contributed by atoms with Crippen molar-refractivity contribution in [3.8, 4) is 5.75 Å². The molecule has 12 heavy (non-hydrogen) atoms. The minimum absolute atomic E-state index is 0.452. The fourth-order valence-corrected chi connectivity index (χ4v) is 0.952. The number of aromatic nitrogens is 1. The van der Waals surface area contributed by atoms with Gasteiger partial charge >= 0.3 is 0 Å². The molecular weight excluding hydrogens is 156 g/mol. The van der Waals surface area contributed by atoms with Gasteiger partial charge in [-0.3, -0.25) is 4.98 Å². The summed E-state index contributed by atoms with van der Waals surface area (Å²) in [4.78, 5) is 8.58. The lowest BCUT2D eigenvalue weighted by molar-refractivity contribution is 0.140. The van der Waals surface area contributed by atoms with E-state index >= 15 is 0 Å². The van der Waals surface area contributed by atoms with E-state index in [-0.39, 0.29) is 0 Å². The normalized spacial score (nSPS) is 9.83. The Kier molecular flexibility index (Phi) is 3.50. The van der Waals surface area contributed by atoms with E-state index in [1.165, 1.54) is 0 Å². The van der Waals surface area contributed by atoms with E-state index in [4.69, 9.17) is 10.6 Å². The number of ether oxygens (including phenoxy) is 1. The van der Waals surface area contributed by atoms with Gasteiger partial charge in [0.1, 0.15) is 5.75 Å². The van der Waals surface area contributed by atoms with Crippen LogP contribution >= 0.6 is 0 Å². The molecule has 0 bridgehead atoms. The summed E-state index contributed by atoms with van der Waals surface area (Å²) >= 11 is 0. The van der Waals surface area contributed by atoms with Gasteiger partial charge in [-0.2, -0.15) is 0 Å². The maximum Gasteiger partial charge on any atom is 0.140 e. The first-order valence-electron chi connectivity index (χ1n) is 3.68. The number of nitrogens with zero attached hydrogens (tertiary/aromatic N) is 1. The monoisotopic (exact) mass is 168 g/mol. The van der Waals surface area contributed by atoms with Gasteiger partial charge in [-0.25, -0.2) is 5.90 Å². The molecule has 1 aromatic heterocycles. The van der Waals surface area contributed by atoms with Gasteiger partial charge in [0, 0.05) is 12.6 Å². The van der Waals surface area contributed by atoms with E-state index in [1.54, 1.807) is 13.3 Å². The van der Waals surface area contributed by atoms with Crippen LogP contribution in [0.2, 0.25) is 0 Å². The Morgan fingerprint density at radius 1 is 1.58 bits per heavy atom. The standard InChI is InChI=1S/C8H12N2O2/c1-11-8-3-2-5-10-7(8)4-6-12-9/h2-3,5H,4,6,9H2,1H3. The zero-order valence-electron chi connectivity index (χ0n) is 6.99. The van der Waals surface area contributed by atoms with Crippen molar-refractivity contribution in [2.24, 2.45) is 5.90 Å². The number of pyridine rings is 1.